The van der Waals surface area contributed by atoms with E-state index < -0.39 is 5.97 Å². The number of nitrogens with zero attached hydrogens (tertiary/aromatic N) is 1. The molecule has 0 unspecified atom stereocenters. The Morgan fingerprint density at radius 1 is 1.24 bits per heavy atom. The molecule has 0 fully saturated rings. The third-order valence-electron chi connectivity index (χ3n) is 2.78. The van der Waals surface area contributed by atoms with Gasteiger partial charge in [-0.15, -0.1) is 0 Å². The lowest BCUT2D eigenvalue weighted by Gasteiger charge is -1.97. The summed E-state index contributed by atoms with van der Waals surface area (Å²) >= 11 is 0. The van der Waals surface area contributed by atoms with E-state index in [1.807, 2.05) is 6.07 Å². The number of ketones is 1. The number of rotatable bonds is 4. The predicted molar refractivity (Wildman–Crippen MR) is 74.6 cm³/mol. The Hall–Kier alpha value is -3.13. The Kier molecular flexibility index (Phi) is 4.32. The van der Waals surface area contributed by atoms with Gasteiger partial charge in [0, 0.05) is 11.1 Å². The average molecular weight is 281 g/mol. The summed E-state index contributed by atoms with van der Waals surface area (Å²) in [6, 6.07) is 9.82. The van der Waals surface area contributed by atoms with Gasteiger partial charge in [0.25, 0.3) is 0 Å². The molecular weight excluding hydrogens is 270 g/mol. The van der Waals surface area contributed by atoms with Crippen LogP contribution in [0.2, 0.25) is 0 Å². The molecule has 2 rings (SSSR count). The molecule has 21 heavy (non-hydrogen) atoms. The topological polar surface area (TPSA) is 80.3 Å². The highest BCUT2D eigenvalue weighted by molar-refractivity contribution is 6.07. The van der Waals surface area contributed by atoms with Crippen molar-refractivity contribution in [3.63, 3.8) is 0 Å². The molecule has 2 aromatic rings. The summed E-state index contributed by atoms with van der Waals surface area (Å²) in [7, 11) is 1.25. The predicted octanol–water partition coefficient (Wildman–Crippen LogP) is 2.83. The first-order valence-electron chi connectivity index (χ1n) is 6.04. The molecule has 0 spiro atoms. The molecule has 1 aromatic heterocycles. The molecule has 5 heteroatoms. The highest BCUT2D eigenvalue weighted by Crippen LogP contribution is 2.14. The van der Waals surface area contributed by atoms with Crippen molar-refractivity contribution in [3.8, 4) is 6.07 Å². The summed E-state index contributed by atoms with van der Waals surface area (Å²) in [5, 5.41) is 8.70. The van der Waals surface area contributed by atoms with Crippen molar-refractivity contribution in [2.75, 3.05) is 7.11 Å². The van der Waals surface area contributed by atoms with E-state index in [2.05, 4.69) is 4.74 Å². The third kappa shape index (κ3) is 3.25. The molecule has 0 saturated carbocycles. The number of hydrogen-bond donors (Lipinski definition) is 0. The number of hydrogen-bond acceptors (Lipinski definition) is 5. The number of furan rings is 1. The zero-order valence-electron chi connectivity index (χ0n) is 11.2. The number of ether oxygens (including phenoxy) is 1. The van der Waals surface area contributed by atoms with Crippen LogP contribution in [0.25, 0.3) is 6.08 Å². The lowest BCUT2D eigenvalue weighted by molar-refractivity contribution is 0.0564. The summed E-state index contributed by atoms with van der Waals surface area (Å²) in [5.74, 6) is -0.802. The minimum Gasteiger partial charge on any atom is -0.463 e. The van der Waals surface area contributed by atoms with Crippen LogP contribution < -0.4 is 0 Å². The lowest BCUT2D eigenvalue weighted by Crippen LogP contribution is -2.01. The highest BCUT2D eigenvalue weighted by Gasteiger charge is 2.14. The van der Waals surface area contributed by atoms with Gasteiger partial charge in [0.1, 0.15) is 0 Å². The van der Waals surface area contributed by atoms with E-state index in [-0.39, 0.29) is 11.5 Å². The summed E-state index contributed by atoms with van der Waals surface area (Å²) in [4.78, 5) is 23.4. The van der Waals surface area contributed by atoms with Gasteiger partial charge in [0.15, 0.2) is 5.78 Å². The number of nitriles is 1. The van der Waals surface area contributed by atoms with Crippen molar-refractivity contribution < 1.29 is 18.7 Å². The van der Waals surface area contributed by atoms with Crippen LogP contribution in [-0.2, 0) is 4.74 Å². The summed E-state index contributed by atoms with van der Waals surface area (Å²) in [6.07, 6.45) is 4.16. The molecule has 1 heterocycles. The zero-order valence-corrected chi connectivity index (χ0v) is 11.2. The van der Waals surface area contributed by atoms with Crippen molar-refractivity contribution in [1.82, 2.24) is 0 Å². The molecule has 104 valence electrons. The summed E-state index contributed by atoms with van der Waals surface area (Å²) in [6.45, 7) is 0. The van der Waals surface area contributed by atoms with Gasteiger partial charge in [-0.2, -0.15) is 5.26 Å². The maximum Gasteiger partial charge on any atom is 0.374 e. The van der Waals surface area contributed by atoms with E-state index in [1.165, 1.54) is 25.5 Å². The van der Waals surface area contributed by atoms with E-state index >= 15 is 0 Å². The van der Waals surface area contributed by atoms with Gasteiger partial charge in [-0.25, -0.2) is 4.79 Å². The molecule has 0 radical (unpaired) electrons. The van der Waals surface area contributed by atoms with E-state index in [0.29, 0.717) is 16.7 Å². The van der Waals surface area contributed by atoms with E-state index in [9.17, 15) is 9.59 Å². The minimum atomic E-state index is -0.606. The second-order valence-electron chi connectivity index (χ2n) is 4.08. The van der Waals surface area contributed by atoms with Gasteiger partial charge in [0.2, 0.25) is 5.76 Å². The van der Waals surface area contributed by atoms with Crippen molar-refractivity contribution in [2.24, 2.45) is 0 Å². The number of allylic oxidation sites excluding steroid dienone is 1. The minimum absolute atomic E-state index is 0.0429. The van der Waals surface area contributed by atoms with E-state index in [0.717, 1.165) is 0 Å². The molecule has 0 atom stereocenters. The average Bonchev–Trinajstić information content (AvgIpc) is 3.00. The molecule has 0 saturated heterocycles. The molecule has 0 bridgehead atoms. The van der Waals surface area contributed by atoms with Crippen LogP contribution in [-0.4, -0.2) is 18.9 Å². The second kappa shape index (κ2) is 6.35. The van der Waals surface area contributed by atoms with Crippen LogP contribution in [0.4, 0.5) is 0 Å². The van der Waals surface area contributed by atoms with E-state index in [1.54, 1.807) is 30.3 Å². The zero-order chi connectivity index (χ0) is 15.2. The van der Waals surface area contributed by atoms with Crippen molar-refractivity contribution in [1.29, 1.82) is 5.26 Å². The van der Waals surface area contributed by atoms with Crippen LogP contribution in [0, 0.1) is 11.3 Å². The number of esters is 1. The maximum absolute atomic E-state index is 12.0. The van der Waals surface area contributed by atoms with Crippen molar-refractivity contribution in [2.45, 2.75) is 0 Å². The first-order valence-corrected chi connectivity index (χ1v) is 6.04. The van der Waals surface area contributed by atoms with Gasteiger partial charge in [0.05, 0.1) is 25.0 Å². The van der Waals surface area contributed by atoms with Gasteiger partial charge >= 0.3 is 5.97 Å². The molecule has 5 nitrogen and oxygen atoms in total. The Balaban J connectivity index is 2.17. The normalized spacial score (nSPS) is 10.3. The molecule has 0 N–H and O–H groups in total. The maximum atomic E-state index is 12.0. The summed E-state index contributed by atoms with van der Waals surface area (Å²) in [5.41, 5.74) is 1.40. The standard InChI is InChI=1S/C16H11NO4/c1-20-16(19)15-13(8-9-21-15)6-7-14(18)12-4-2-11(10-17)3-5-12/h2-9H,1H3/b7-6+. The quantitative estimate of drug-likeness (QED) is 0.489. The number of carbonyl (C=O) groups excluding carboxylic acids is 2. The van der Waals surface area contributed by atoms with Crippen molar-refractivity contribution >= 4 is 17.8 Å². The lowest BCUT2D eigenvalue weighted by atomic mass is 10.1. The Bertz CT molecular complexity index is 732. The third-order valence-corrected chi connectivity index (χ3v) is 2.78. The van der Waals surface area contributed by atoms with Gasteiger partial charge in [-0.3, -0.25) is 4.79 Å². The Labute approximate surface area is 121 Å². The first kappa shape index (κ1) is 14.3. The Morgan fingerprint density at radius 2 is 1.95 bits per heavy atom. The fraction of sp³-hybridized carbons (Fsp3) is 0.0625. The molecule has 0 amide bonds. The molecular formula is C16H11NO4. The largest absolute Gasteiger partial charge is 0.463 e. The van der Waals surface area contributed by atoms with Gasteiger partial charge < -0.3 is 9.15 Å². The van der Waals surface area contributed by atoms with Crippen LogP contribution in [0.15, 0.2) is 47.1 Å². The molecule has 0 aliphatic rings. The molecule has 0 aliphatic heterocycles. The fourth-order valence-corrected chi connectivity index (χ4v) is 1.68. The monoisotopic (exact) mass is 281 g/mol. The van der Waals surface area contributed by atoms with Crippen LogP contribution in [0.3, 0.4) is 0 Å². The number of methoxy groups -OCH3 is 1. The van der Waals surface area contributed by atoms with E-state index in [4.69, 9.17) is 9.68 Å². The first-order chi connectivity index (χ1) is 10.2. The van der Waals surface area contributed by atoms with Gasteiger partial charge in [-0.1, -0.05) is 0 Å². The molecule has 0 aliphatic carbocycles. The van der Waals surface area contributed by atoms with Crippen LogP contribution >= 0.6 is 0 Å². The highest BCUT2D eigenvalue weighted by atomic mass is 16.5. The Morgan fingerprint density at radius 3 is 2.57 bits per heavy atom. The fourth-order valence-electron chi connectivity index (χ4n) is 1.68. The van der Waals surface area contributed by atoms with Crippen LogP contribution in [0.1, 0.15) is 32.0 Å². The van der Waals surface area contributed by atoms with Gasteiger partial charge in [-0.05, 0) is 42.5 Å². The number of carbonyl (C=O) groups is 2. The number of benzene rings is 1. The second-order valence-corrected chi connectivity index (χ2v) is 4.08. The molecule has 1 aromatic carbocycles. The van der Waals surface area contributed by atoms with Crippen LogP contribution in [0.5, 0.6) is 0 Å². The smallest absolute Gasteiger partial charge is 0.374 e. The SMILES string of the molecule is COC(=O)c1occc1/C=C/C(=O)c1ccc(C#N)cc1. The van der Waals surface area contributed by atoms with Crippen molar-refractivity contribution in [3.05, 3.63) is 65.1 Å². The summed E-state index contributed by atoms with van der Waals surface area (Å²) < 4.78 is 9.58.